The van der Waals surface area contributed by atoms with Crippen LogP contribution >= 0.6 is 7.37 Å². The lowest BCUT2D eigenvalue weighted by molar-refractivity contribution is -0.142. The molecule has 2 atom stereocenters. The van der Waals surface area contributed by atoms with E-state index in [0.29, 0.717) is 5.69 Å². The molecule has 0 bridgehead atoms. The van der Waals surface area contributed by atoms with Gasteiger partial charge in [-0.1, -0.05) is 6.07 Å². The van der Waals surface area contributed by atoms with Crippen LogP contribution in [0.2, 0.25) is 0 Å². The second-order valence-electron chi connectivity index (χ2n) is 4.88. The molecule has 0 saturated heterocycles. The number of anilines is 1. The zero-order chi connectivity index (χ0) is 16.8. The Hall–Kier alpha value is -2.05. The fourth-order valence-corrected chi connectivity index (χ4v) is 3.42. The van der Waals surface area contributed by atoms with Gasteiger partial charge in [-0.2, -0.15) is 0 Å². The van der Waals surface area contributed by atoms with Crippen molar-refractivity contribution in [2.45, 2.75) is 12.8 Å². The molecule has 5 N–H and O–H groups in total. The maximum absolute atomic E-state index is 12.1. The molecule has 0 aliphatic rings. The van der Waals surface area contributed by atoms with Crippen molar-refractivity contribution < 1.29 is 34.4 Å². The summed E-state index contributed by atoms with van der Waals surface area (Å²) in [6, 6.07) is 5.93. The number of aliphatic carboxylic acids is 2. The molecule has 9 heteroatoms. The Morgan fingerprint density at radius 1 is 1.27 bits per heavy atom. The van der Waals surface area contributed by atoms with Crippen molar-refractivity contribution in [2.24, 2.45) is 5.92 Å². The molecule has 0 amide bonds. The highest BCUT2D eigenvalue weighted by Gasteiger charge is 2.29. The summed E-state index contributed by atoms with van der Waals surface area (Å²) >= 11 is 0. The van der Waals surface area contributed by atoms with E-state index < -0.39 is 31.4 Å². The number of nitrogens with one attached hydrogen (secondary N) is 1. The second-order valence-corrected chi connectivity index (χ2v) is 7.26. The molecule has 0 aliphatic carbocycles. The molecule has 1 rings (SSSR count). The fraction of sp³-hybridized carbons (Fsp3) is 0.385. The summed E-state index contributed by atoms with van der Waals surface area (Å²) in [5.41, 5.74) is 0.423. The molecule has 122 valence electrons. The normalized spacial score (nSPS) is 14.8. The number of phenolic OH excluding ortho intramolecular Hbond substituents is 1. The SMILES string of the molecule is O=C(O)CCC(CP(=O)(O)CNc1cccc(O)c1)C(=O)O. The van der Waals surface area contributed by atoms with E-state index in [-0.39, 0.29) is 24.9 Å². The van der Waals surface area contributed by atoms with E-state index in [2.05, 4.69) is 5.32 Å². The fourth-order valence-electron chi connectivity index (χ4n) is 1.83. The third-order valence-corrected chi connectivity index (χ3v) is 4.60. The zero-order valence-electron chi connectivity index (χ0n) is 11.7. The monoisotopic (exact) mass is 331 g/mol. The van der Waals surface area contributed by atoms with Crippen molar-refractivity contribution in [3.05, 3.63) is 24.3 Å². The first kappa shape index (κ1) is 18.0. The van der Waals surface area contributed by atoms with Crippen LogP contribution in [0.15, 0.2) is 24.3 Å². The maximum atomic E-state index is 12.1. The van der Waals surface area contributed by atoms with Gasteiger partial charge >= 0.3 is 11.9 Å². The molecule has 0 radical (unpaired) electrons. The first-order chi connectivity index (χ1) is 10.2. The summed E-state index contributed by atoms with van der Waals surface area (Å²) < 4.78 is 12.1. The molecule has 0 aliphatic heterocycles. The highest BCUT2D eigenvalue weighted by Crippen LogP contribution is 2.43. The molecule has 0 spiro atoms. The predicted octanol–water partition coefficient (Wildman–Crippen LogP) is 1.60. The smallest absolute Gasteiger partial charge is 0.307 e. The van der Waals surface area contributed by atoms with Crippen LogP contribution in [-0.2, 0) is 14.2 Å². The van der Waals surface area contributed by atoms with Crippen LogP contribution in [0.1, 0.15) is 12.8 Å². The van der Waals surface area contributed by atoms with E-state index >= 15 is 0 Å². The molecular weight excluding hydrogens is 313 g/mol. The van der Waals surface area contributed by atoms with Gasteiger partial charge in [0.25, 0.3) is 0 Å². The van der Waals surface area contributed by atoms with Crippen LogP contribution in [0.4, 0.5) is 5.69 Å². The lowest BCUT2D eigenvalue weighted by Gasteiger charge is -2.17. The van der Waals surface area contributed by atoms with Crippen molar-refractivity contribution in [1.29, 1.82) is 0 Å². The number of rotatable bonds is 9. The molecule has 2 unspecified atom stereocenters. The standard InChI is InChI=1S/C13H18NO7P/c15-11-3-1-2-10(6-11)14-8-22(20,21)7-9(13(18)19)4-5-12(16)17/h1-3,6,9,14-15H,4-5,7-8H2,(H,16,17)(H,18,19)(H,20,21). The molecule has 0 fully saturated rings. The van der Waals surface area contributed by atoms with Gasteiger partial charge in [-0.05, 0) is 18.6 Å². The van der Waals surface area contributed by atoms with Gasteiger partial charge < -0.3 is 25.5 Å². The quantitative estimate of drug-likeness (QED) is 0.429. The number of phenols is 1. The first-order valence-corrected chi connectivity index (χ1v) is 8.51. The second kappa shape index (κ2) is 7.82. The zero-order valence-corrected chi connectivity index (χ0v) is 12.6. The number of hydrogen-bond acceptors (Lipinski definition) is 5. The predicted molar refractivity (Wildman–Crippen MR) is 79.3 cm³/mol. The van der Waals surface area contributed by atoms with Crippen LogP contribution in [0.5, 0.6) is 5.75 Å². The van der Waals surface area contributed by atoms with Gasteiger partial charge in [-0.25, -0.2) is 0 Å². The van der Waals surface area contributed by atoms with Crippen molar-refractivity contribution in [3.8, 4) is 5.75 Å². The Labute approximate surface area is 126 Å². The highest BCUT2D eigenvalue weighted by atomic mass is 31.2. The Bertz CT molecular complexity index is 590. The van der Waals surface area contributed by atoms with E-state index in [1.165, 1.54) is 12.1 Å². The minimum atomic E-state index is -3.81. The Kier molecular flexibility index (Phi) is 6.39. The minimum Gasteiger partial charge on any atom is -0.508 e. The molecule has 8 nitrogen and oxygen atoms in total. The Balaban J connectivity index is 2.61. The van der Waals surface area contributed by atoms with Crippen molar-refractivity contribution in [1.82, 2.24) is 0 Å². The number of benzene rings is 1. The van der Waals surface area contributed by atoms with Crippen LogP contribution in [0.3, 0.4) is 0 Å². The van der Waals surface area contributed by atoms with Crippen LogP contribution in [0.25, 0.3) is 0 Å². The minimum absolute atomic E-state index is 0.0114. The third-order valence-electron chi connectivity index (χ3n) is 2.94. The lowest BCUT2D eigenvalue weighted by atomic mass is 10.1. The number of carboxylic acids is 2. The summed E-state index contributed by atoms with van der Waals surface area (Å²) in [6.45, 7) is 0. The molecular formula is C13H18NO7P. The summed E-state index contributed by atoms with van der Waals surface area (Å²) in [7, 11) is -3.81. The van der Waals surface area contributed by atoms with Crippen molar-refractivity contribution >= 4 is 25.0 Å². The van der Waals surface area contributed by atoms with Gasteiger partial charge in [-0.3, -0.25) is 14.2 Å². The lowest BCUT2D eigenvalue weighted by Crippen LogP contribution is -2.21. The summed E-state index contributed by atoms with van der Waals surface area (Å²) in [5, 5.41) is 29.5. The average Bonchev–Trinajstić information content (AvgIpc) is 2.41. The van der Waals surface area contributed by atoms with E-state index in [0.717, 1.165) is 0 Å². The summed E-state index contributed by atoms with van der Waals surface area (Å²) in [5.74, 6) is -3.66. The molecule has 0 aromatic heterocycles. The Morgan fingerprint density at radius 2 is 1.95 bits per heavy atom. The first-order valence-electron chi connectivity index (χ1n) is 6.48. The highest BCUT2D eigenvalue weighted by molar-refractivity contribution is 7.58. The molecule has 1 aromatic carbocycles. The van der Waals surface area contributed by atoms with Crippen LogP contribution < -0.4 is 5.32 Å². The van der Waals surface area contributed by atoms with E-state index in [1.54, 1.807) is 12.1 Å². The van der Waals surface area contributed by atoms with E-state index in [1.807, 2.05) is 0 Å². The van der Waals surface area contributed by atoms with Crippen molar-refractivity contribution in [3.63, 3.8) is 0 Å². The van der Waals surface area contributed by atoms with Gasteiger partial charge in [0.2, 0.25) is 7.37 Å². The topological polar surface area (TPSA) is 144 Å². The van der Waals surface area contributed by atoms with Gasteiger partial charge in [0.15, 0.2) is 0 Å². The third kappa shape index (κ3) is 6.60. The molecule has 0 saturated carbocycles. The maximum Gasteiger partial charge on any atom is 0.307 e. The number of carboxylic acid groups (broad SMARTS) is 2. The molecule has 22 heavy (non-hydrogen) atoms. The number of hydrogen-bond donors (Lipinski definition) is 5. The van der Waals surface area contributed by atoms with Gasteiger partial charge in [0.1, 0.15) is 5.75 Å². The van der Waals surface area contributed by atoms with Gasteiger partial charge in [0, 0.05) is 24.3 Å². The Morgan fingerprint density at radius 3 is 2.50 bits per heavy atom. The van der Waals surface area contributed by atoms with Crippen LogP contribution in [0, 0.1) is 5.92 Å². The van der Waals surface area contributed by atoms with E-state index in [9.17, 15) is 24.2 Å². The summed E-state index contributed by atoms with van der Waals surface area (Å²) in [4.78, 5) is 31.4. The van der Waals surface area contributed by atoms with Crippen LogP contribution in [-0.4, -0.2) is 44.6 Å². The van der Waals surface area contributed by atoms with E-state index in [4.69, 9.17) is 10.2 Å². The summed E-state index contributed by atoms with van der Waals surface area (Å²) in [6.07, 6.45) is -1.47. The largest absolute Gasteiger partial charge is 0.508 e. The van der Waals surface area contributed by atoms with Crippen molar-refractivity contribution in [2.75, 3.05) is 17.8 Å². The number of carbonyl (C=O) groups is 2. The molecule has 0 heterocycles. The van der Waals surface area contributed by atoms with Gasteiger partial charge in [-0.15, -0.1) is 0 Å². The number of aromatic hydroxyl groups is 1. The average molecular weight is 331 g/mol. The van der Waals surface area contributed by atoms with Gasteiger partial charge in [0.05, 0.1) is 12.2 Å². The molecule has 1 aromatic rings.